The minimum absolute atomic E-state index is 0.196. The molecule has 0 aliphatic carbocycles. The van der Waals surface area contributed by atoms with Crippen LogP contribution < -0.4 is 10.1 Å². The van der Waals surface area contributed by atoms with Gasteiger partial charge in [0.25, 0.3) is 0 Å². The van der Waals surface area contributed by atoms with Crippen LogP contribution in [0.3, 0.4) is 0 Å². The molecular formula is C12H13BrN2O3. The van der Waals surface area contributed by atoms with Crippen LogP contribution in [0.25, 0.3) is 0 Å². The van der Waals surface area contributed by atoms with Gasteiger partial charge < -0.3 is 4.74 Å². The van der Waals surface area contributed by atoms with Crippen molar-refractivity contribution in [2.75, 3.05) is 20.2 Å². The van der Waals surface area contributed by atoms with E-state index in [0.717, 1.165) is 10.0 Å². The Morgan fingerprint density at radius 3 is 2.61 bits per heavy atom. The molecule has 1 saturated heterocycles. The summed E-state index contributed by atoms with van der Waals surface area (Å²) in [7, 11) is 1.56. The Morgan fingerprint density at radius 1 is 1.33 bits per heavy atom. The minimum atomic E-state index is -0.215. The molecule has 1 aliphatic rings. The molecule has 0 bridgehead atoms. The van der Waals surface area contributed by atoms with E-state index in [0.29, 0.717) is 5.75 Å². The number of carbonyl (C=O) groups is 2. The summed E-state index contributed by atoms with van der Waals surface area (Å²) < 4.78 is 6.11. The van der Waals surface area contributed by atoms with Gasteiger partial charge in [0.1, 0.15) is 5.75 Å². The first-order valence-corrected chi connectivity index (χ1v) is 6.27. The molecule has 1 N–H and O–H groups in total. The van der Waals surface area contributed by atoms with Gasteiger partial charge in [-0.15, -0.1) is 0 Å². The van der Waals surface area contributed by atoms with Crippen LogP contribution in [0.5, 0.6) is 5.75 Å². The number of imide groups is 1. The number of nitrogens with one attached hydrogen (secondary N) is 1. The topological polar surface area (TPSA) is 58.6 Å². The third-order valence-electron chi connectivity index (χ3n) is 2.73. The molecule has 1 heterocycles. The van der Waals surface area contributed by atoms with Gasteiger partial charge in [0.2, 0.25) is 11.8 Å². The average molecular weight is 313 g/mol. The number of ether oxygens (including phenoxy) is 1. The maximum atomic E-state index is 11.7. The lowest BCUT2D eigenvalue weighted by Gasteiger charge is -2.26. The number of piperazine rings is 1. The standard InChI is InChI=1S/C12H13BrN2O3/c1-18-10-3-2-9(13)4-8(10)7-15-11(16)5-14-6-12(15)17/h2-4,14H,5-7H2,1H3. The molecule has 5 nitrogen and oxygen atoms in total. The van der Waals surface area contributed by atoms with Crippen molar-refractivity contribution in [3.63, 3.8) is 0 Å². The third kappa shape index (κ3) is 2.70. The molecule has 0 aromatic heterocycles. The van der Waals surface area contributed by atoms with Gasteiger partial charge in [-0.1, -0.05) is 15.9 Å². The van der Waals surface area contributed by atoms with Crippen molar-refractivity contribution < 1.29 is 14.3 Å². The first kappa shape index (κ1) is 13.0. The summed E-state index contributed by atoms with van der Waals surface area (Å²) in [5.74, 6) is 0.235. The molecule has 96 valence electrons. The summed E-state index contributed by atoms with van der Waals surface area (Å²) in [6, 6.07) is 5.50. The van der Waals surface area contributed by atoms with E-state index in [4.69, 9.17) is 4.74 Å². The van der Waals surface area contributed by atoms with Crippen molar-refractivity contribution in [2.24, 2.45) is 0 Å². The number of carbonyl (C=O) groups excluding carboxylic acids is 2. The highest BCUT2D eigenvalue weighted by molar-refractivity contribution is 9.10. The molecule has 2 amide bonds. The summed E-state index contributed by atoms with van der Waals surface area (Å²) in [5.41, 5.74) is 0.801. The van der Waals surface area contributed by atoms with E-state index in [9.17, 15) is 9.59 Å². The molecule has 1 fully saturated rings. The second-order valence-corrected chi connectivity index (χ2v) is 4.85. The highest BCUT2D eigenvalue weighted by atomic mass is 79.9. The van der Waals surface area contributed by atoms with Crippen LogP contribution in [0.1, 0.15) is 5.56 Å². The second kappa shape index (κ2) is 5.49. The largest absolute Gasteiger partial charge is 0.496 e. The Balaban J connectivity index is 2.24. The van der Waals surface area contributed by atoms with Crippen LogP contribution in [0.15, 0.2) is 22.7 Å². The first-order valence-electron chi connectivity index (χ1n) is 5.48. The number of halogens is 1. The zero-order valence-electron chi connectivity index (χ0n) is 9.90. The lowest BCUT2D eigenvalue weighted by molar-refractivity contribution is -0.147. The fourth-order valence-corrected chi connectivity index (χ4v) is 2.23. The predicted octanol–water partition coefficient (Wildman–Crippen LogP) is 0.916. The maximum Gasteiger partial charge on any atom is 0.243 e. The molecule has 18 heavy (non-hydrogen) atoms. The quantitative estimate of drug-likeness (QED) is 0.843. The van der Waals surface area contributed by atoms with E-state index in [-0.39, 0.29) is 31.4 Å². The van der Waals surface area contributed by atoms with Crippen LogP contribution >= 0.6 is 15.9 Å². The molecule has 6 heteroatoms. The molecule has 2 rings (SSSR count). The first-order chi connectivity index (χ1) is 8.61. The molecule has 0 spiro atoms. The molecule has 0 unspecified atom stereocenters. The Bertz CT molecular complexity index is 474. The summed E-state index contributed by atoms with van der Waals surface area (Å²) in [5, 5.41) is 2.76. The monoisotopic (exact) mass is 312 g/mol. The number of methoxy groups -OCH3 is 1. The van der Waals surface area contributed by atoms with E-state index >= 15 is 0 Å². The van der Waals surface area contributed by atoms with Crippen LogP contribution in [-0.2, 0) is 16.1 Å². The van der Waals surface area contributed by atoms with Gasteiger partial charge in [0.15, 0.2) is 0 Å². The maximum absolute atomic E-state index is 11.7. The molecule has 0 radical (unpaired) electrons. The molecular weight excluding hydrogens is 300 g/mol. The summed E-state index contributed by atoms with van der Waals surface area (Å²) in [6.45, 7) is 0.631. The molecule has 1 aromatic carbocycles. The van der Waals surface area contributed by atoms with Gasteiger partial charge in [0.05, 0.1) is 26.7 Å². The van der Waals surface area contributed by atoms with Crippen molar-refractivity contribution in [3.8, 4) is 5.75 Å². The number of benzene rings is 1. The molecule has 0 saturated carbocycles. The average Bonchev–Trinajstić information content (AvgIpc) is 2.34. The Kier molecular flexibility index (Phi) is 3.98. The molecule has 1 aromatic rings. The van der Waals surface area contributed by atoms with Gasteiger partial charge in [0, 0.05) is 10.0 Å². The van der Waals surface area contributed by atoms with Crippen LogP contribution in [-0.4, -0.2) is 36.9 Å². The molecule has 0 atom stereocenters. The Hall–Kier alpha value is -1.40. The van der Waals surface area contributed by atoms with Gasteiger partial charge >= 0.3 is 0 Å². The van der Waals surface area contributed by atoms with Crippen LogP contribution in [0.2, 0.25) is 0 Å². The number of hydrogen-bond donors (Lipinski definition) is 1. The van der Waals surface area contributed by atoms with Crippen LogP contribution in [0.4, 0.5) is 0 Å². The second-order valence-electron chi connectivity index (χ2n) is 3.93. The zero-order chi connectivity index (χ0) is 13.1. The number of rotatable bonds is 3. The smallest absolute Gasteiger partial charge is 0.243 e. The lowest BCUT2D eigenvalue weighted by atomic mass is 10.1. The number of hydrogen-bond acceptors (Lipinski definition) is 4. The normalized spacial score (nSPS) is 16.0. The zero-order valence-corrected chi connectivity index (χ0v) is 11.5. The lowest BCUT2D eigenvalue weighted by Crippen LogP contribution is -2.51. The van der Waals surface area contributed by atoms with E-state index in [1.807, 2.05) is 12.1 Å². The van der Waals surface area contributed by atoms with E-state index < -0.39 is 0 Å². The van der Waals surface area contributed by atoms with Gasteiger partial charge in [-0.2, -0.15) is 0 Å². The van der Waals surface area contributed by atoms with Gasteiger partial charge in [-0.3, -0.25) is 19.8 Å². The highest BCUT2D eigenvalue weighted by Crippen LogP contribution is 2.24. The third-order valence-corrected chi connectivity index (χ3v) is 3.22. The van der Waals surface area contributed by atoms with E-state index in [2.05, 4.69) is 21.2 Å². The van der Waals surface area contributed by atoms with Crippen molar-refractivity contribution in [1.82, 2.24) is 10.2 Å². The van der Waals surface area contributed by atoms with Gasteiger partial charge in [-0.05, 0) is 18.2 Å². The Labute approximate surface area is 113 Å². The number of nitrogens with zero attached hydrogens (tertiary/aromatic N) is 1. The van der Waals surface area contributed by atoms with Crippen molar-refractivity contribution in [3.05, 3.63) is 28.2 Å². The minimum Gasteiger partial charge on any atom is -0.496 e. The van der Waals surface area contributed by atoms with Crippen molar-refractivity contribution >= 4 is 27.7 Å². The number of amides is 2. The SMILES string of the molecule is COc1ccc(Br)cc1CN1C(=O)CNCC1=O. The summed E-state index contributed by atoms with van der Waals surface area (Å²) >= 11 is 3.36. The van der Waals surface area contributed by atoms with Crippen LogP contribution in [0, 0.1) is 0 Å². The summed E-state index contributed by atoms with van der Waals surface area (Å²) in [4.78, 5) is 24.6. The highest BCUT2D eigenvalue weighted by Gasteiger charge is 2.26. The Morgan fingerprint density at radius 2 is 2.00 bits per heavy atom. The fourth-order valence-electron chi connectivity index (χ4n) is 1.82. The predicted molar refractivity (Wildman–Crippen MR) is 69.1 cm³/mol. The summed E-state index contributed by atoms with van der Waals surface area (Å²) in [6.07, 6.45) is 0. The van der Waals surface area contributed by atoms with Crippen molar-refractivity contribution in [1.29, 1.82) is 0 Å². The van der Waals surface area contributed by atoms with E-state index in [1.165, 1.54) is 4.90 Å². The van der Waals surface area contributed by atoms with Gasteiger partial charge in [-0.25, -0.2) is 0 Å². The van der Waals surface area contributed by atoms with E-state index in [1.54, 1.807) is 13.2 Å². The van der Waals surface area contributed by atoms with Crippen molar-refractivity contribution in [2.45, 2.75) is 6.54 Å². The fraction of sp³-hybridized carbons (Fsp3) is 0.333. The molecule has 1 aliphatic heterocycles.